The fourth-order valence-corrected chi connectivity index (χ4v) is 5.90. The van der Waals surface area contributed by atoms with Gasteiger partial charge < -0.3 is 14.7 Å². The number of likely N-dealkylation sites (N-methyl/N-ethyl adjacent to an activating group) is 1. The van der Waals surface area contributed by atoms with Crippen LogP contribution >= 0.6 is 0 Å². The molecule has 3 rings (SSSR count). The van der Waals surface area contributed by atoms with Crippen LogP contribution < -0.4 is 0 Å². The van der Waals surface area contributed by atoms with Crippen LogP contribution in [0.15, 0.2) is 41.7 Å². The maximum atomic E-state index is 12.2. The molecule has 0 unspecified atom stereocenters. The van der Waals surface area contributed by atoms with Crippen LogP contribution in [0.25, 0.3) is 0 Å². The molecule has 218 valence electrons. The summed E-state index contributed by atoms with van der Waals surface area (Å²) in [4.78, 5) is 18.4. The van der Waals surface area contributed by atoms with E-state index in [1.54, 1.807) is 6.20 Å². The number of unbranched alkanes of at least 4 members (excludes halogenated alkanes) is 1. The molecule has 2 aromatic rings. The maximum Gasteiger partial charge on any atom is 0.237 e. The second-order valence-electron chi connectivity index (χ2n) is 10.9. The molecule has 9 nitrogen and oxygen atoms in total. The van der Waals surface area contributed by atoms with E-state index in [2.05, 4.69) is 81.8 Å². The Hall–Kier alpha value is -2.27. The van der Waals surface area contributed by atoms with Crippen LogP contribution in [0.2, 0.25) is 0 Å². The van der Waals surface area contributed by atoms with Crippen molar-refractivity contribution in [1.82, 2.24) is 28.6 Å². The predicted octanol–water partition coefficient (Wildman–Crippen LogP) is 3.37. The number of hydrogen-bond donors (Lipinski definition) is 0. The van der Waals surface area contributed by atoms with Crippen LogP contribution in [0.3, 0.4) is 0 Å². The quantitative estimate of drug-likeness (QED) is 0.259. The predicted molar refractivity (Wildman–Crippen MR) is 161 cm³/mol. The first-order chi connectivity index (χ1) is 18.7. The molecular formula is C29H49N7O2S. The molecule has 2 heterocycles. The second kappa shape index (κ2) is 15.5. The van der Waals surface area contributed by atoms with E-state index >= 15 is 0 Å². The third kappa shape index (κ3) is 10.3. The molecule has 1 aromatic carbocycles. The summed E-state index contributed by atoms with van der Waals surface area (Å²) in [6.45, 7) is 13.6. The molecule has 0 radical (unpaired) electrons. The van der Waals surface area contributed by atoms with Crippen molar-refractivity contribution in [2.24, 2.45) is 4.99 Å². The van der Waals surface area contributed by atoms with Gasteiger partial charge in [0, 0.05) is 39.1 Å². The number of benzene rings is 1. The van der Waals surface area contributed by atoms with Gasteiger partial charge in [-0.25, -0.2) is 17.4 Å². The Bertz CT molecular complexity index is 1120. The summed E-state index contributed by atoms with van der Waals surface area (Å²) in [6, 6.07) is 8.80. The third-order valence-electron chi connectivity index (χ3n) is 7.16. The summed E-state index contributed by atoms with van der Waals surface area (Å²) >= 11 is 0. The molecule has 0 fully saturated rings. The lowest BCUT2D eigenvalue weighted by atomic mass is 10.1. The first-order valence-corrected chi connectivity index (χ1v) is 16.2. The third-order valence-corrected chi connectivity index (χ3v) is 8.21. The van der Waals surface area contributed by atoms with Gasteiger partial charge in [0.25, 0.3) is 0 Å². The molecule has 39 heavy (non-hydrogen) atoms. The van der Waals surface area contributed by atoms with Crippen LogP contribution in [0.4, 0.5) is 0 Å². The molecule has 10 heteroatoms. The zero-order chi connectivity index (χ0) is 28.3. The van der Waals surface area contributed by atoms with Gasteiger partial charge in [0.05, 0.1) is 25.9 Å². The van der Waals surface area contributed by atoms with Crippen molar-refractivity contribution < 1.29 is 8.42 Å². The highest BCUT2D eigenvalue weighted by molar-refractivity contribution is 7.89. The lowest BCUT2D eigenvalue weighted by molar-refractivity contribution is 0.255. The Labute approximate surface area is 236 Å². The molecular weight excluding hydrogens is 510 g/mol. The van der Waals surface area contributed by atoms with Gasteiger partial charge in [-0.05, 0) is 70.0 Å². The summed E-state index contributed by atoms with van der Waals surface area (Å²) in [5.41, 5.74) is 2.49. The molecule has 1 aliphatic heterocycles. The van der Waals surface area contributed by atoms with Crippen molar-refractivity contribution in [3.05, 3.63) is 53.6 Å². The Balaban J connectivity index is 1.55. The molecule has 0 spiro atoms. The van der Waals surface area contributed by atoms with Gasteiger partial charge >= 0.3 is 0 Å². The summed E-state index contributed by atoms with van der Waals surface area (Å²) in [7, 11) is 0.855. The van der Waals surface area contributed by atoms with E-state index in [4.69, 9.17) is 0 Å². The lowest BCUT2D eigenvalue weighted by Gasteiger charge is -2.25. The normalized spacial score (nSPS) is 14.3. The Morgan fingerprint density at radius 1 is 0.872 bits per heavy atom. The largest absolute Gasteiger partial charge is 0.360 e. The molecule has 0 saturated carbocycles. The molecule has 1 aliphatic rings. The fourth-order valence-electron chi connectivity index (χ4n) is 5.14. The van der Waals surface area contributed by atoms with Crippen LogP contribution in [0.5, 0.6) is 0 Å². The molecule has 1 aromatic heterocycles. The fraction of sp³-hybridized carbons (Fsp3) is 0.655. The number of amidine groups is 1. The van der Waals surface area contributed by atoms with Gasteiger partial charge in [-0.15, -0.1) is 0 Å². The van der Waals surface area contributed by atoms with Gasteiger partial charge in [0.15, 0.2) is 0 Å². The molecule has 0 atom stereocenters. The average Bonchev–Trinajstić information content (AvgIpc) is 3.52. The topological polar surface area (TPSA) is 77.3 Å². The van der Waals surface area contributed by atoms with Gasteiger partial charge in [-0.3, -0.25) is 9.89 Å². The van der Waals surface area contributed by atoms with Crippen LogP contribution in [0.1, 0.15) is 56.5 Å². The molecule has 0 aliphatic carbocycles. The van der Waals surface area contributed by atoms with E-state index in [9.17, 15) is 8.42 Å². The first-order valence-electron chi connectivity index (χ1n) is 14.4. The van der Waals surface area contributed by atoms with Gasteiger partial charge in [-0.2, -0.15) is 0 Å². The molecule has 0 N–H and O–H groups in total. The zero-order valence-electron chi connectivity index (χ0n) is 24.7. The molecule has 0 amide bonds. The highest BCUT2D eigenvalue weighted by Gasteiger charge is 2.20. The number of imidazole rings is 1. The van der Waals surface area contributed by atoms with E-state index < -0.39 is 10.0 Å². The highest BCUT2D eigenvalue weighted by Crippen LogP contribution is 2.14. The molecule has 0 bridgehead atoms. The summed E-state index contributed by atoms with van der Waals surface area (Å²) in [6.07, 6.45) is 9.19. The van der Waals surface area contributed by atoms with Crippen LogP contribution in [0, 0.1) is 0 Å². The zero-order valence-corrected chi connectivity index (χ0v) is 25.5. The van der Waals surface area contributed by atoms with Gasteiger partial charge in [-0.1, -0.05) is 38.1 Å². The first kappa shape index (κ1) is 31.3. The smallest absolute Gasteiger partial charge is 0.237 e. The van der Waals surface area contributed by atoms with E-state index in [0.29, 0.717) is 25.5 Å². The van der Waals surface area contributed by atoms with Crippen molar-refractivity contribution in [3.63, 3.8) is 0 Å². The number of aromatic nitrogens is 2. The number of nitrogens with zero attached hydrogens (tertiary/aromatic N) is 7. The van der Waals surface area contributed by atoms with Gasteiger partial charge in [0.1, 0.15) is 11.7 Å². The summed E-state index contributed by atoms with van der Waals surface area (Å²) < 4.78 is 25.7. The van der Waals surface area contributed by atoms with E-state index in [-0.39, 0.29) is 0 Å². The van der Waals surface area contributed by atoms with E-state index in [1.165, 1.54) is 72.9 Å². The van der Waals surface area contributed by atoms with E-state index in [1.807, 2.05) is 0 Å². The van der Waals surface area contributed by atoms with Crippen molar-refractivity contribution >= 4 is 15.9 Å². The minimum absolute atomic E-state index is 0.422. The Kier molecular flexibility index (Phi) is 12.4. The SMILES string of the molecule is CCCN(CCC)CCCCN(C)Cc1ccc(CN(CC2=NCCN2C)Cc2nccn2S(C)(=O)=O)cc1. The van der Waals surface area contributed by atoms with Gasteiger partial charge in [0.2, 0.25) is 10.0 Å². The Morgan fingerprint density at radius 3 is 2.10 bits per heavy atom. The van der Waals surface area contributed by atoms with Crippen LogP contribution in [-0.4, -0.2) is 109 Å². The van der Waals surface area contributed by atoms with Crippen molar-refractivity contribution in [2.45, 2.75) is 59.2 Å². The maximum absolute atomic E-state index is 12.2. The lowest BCUT2D eigenvalue weighted by Crippen LogP contribution is -2.36. The number of hydrogen-bond acceptors (Lipinski definition) is 8. The second-order valence-corrected chi connectivity index (χ2v) is 12.7. The van der Waals surface area contributed by atoms with Crippen molar-refractivity contribution in [2.75, 3.05) is 66.2 Å². The minimum atomic E-state index is -3.40. The monoisotopic (exact) mass is 559 g/mol. The summed E-state index contributed by atoms with van der Waals surface area (Å²) in [5, 5.41) is 0. The standard InChI is InChI=1S/C29H49N7O2S/c1-6-16-34(17-7-2)19-9-8-18-32(3)22-26-10-12-27(13-11-26)23-35(24-28-30-14-20-33(28)4)25-29-31-15-21-36(29)39(5,37)38/h10-13,15,21H,6-9,14,16-20,22-25H2,1-5H3. The van der Waals surface area contributed by atoms with Crippen molar-refractivity contribution in [3.8, 4) is 0 Å². The summed E-state index contributed by atoms with van der Waals surface area (Å²) in [5.74, 6) is 1.54. The Morgan fingerprint density at radius 2 is 1.51 bits per heavy atom. The van der Waals surface area contributed by atoms with E-state index in [0.717, 1.165) is 32.0 Å². The number of rotatable bonds is 18. The van der Waals surface area contributed by atoms with Crippen LogP contribution in [-0.2, 0) is 29.7 Å². The number of aliphatic imine (C=N–C) groups is 1. The highest BCUT2D eigenvalue weighted by atomic mass is 32.2. The van der Waals surface area contributed by atoms with Crippen molar-refractivity contribution in [1.29, 1.82) is 0 Å². The minimum Gasteiger partial charge on any atom is -0.360 e. The molecule has 0 saturated heterocycles. The average molecular weight is 560 g/mol.